The third-order valence-corrected chi connectivity index (χ3v) is 3.72. The van der Waals surface area contributed by atoms with Crippen LogP contribution in [0, 0.1) is 5.41 Å². The quantitative estimate of drug-likeness (QED) is 0.905. The van der Waals surface area contributed by atoms with E-state index in [2.05, 4.69) is 29.1 Å². The molecule has 2 rings (SSSR count). The Morgan fingerprint density at radius 3 is 2.67 bits per heavy atom. The van der Waals surface area contributed by atoms with Crippen LogP contribution in [0.2, 0.25) is 0 Å². The lowest BCUT2D eigenvalue weighted by Crippen LogP contribution is -2.45. The summed E-state index contributed by atoms with van der Waals surface area (Å²) < 4.78 is 2.22. The molecular weight excluding hydrogens is 262 g/mol. The van der Waals surface area contributed by atoms with Gasteiger partial charge >= 0.3 is 0 Å². The summed E-state index contributed by atoms with van der Waals surface area (Å²) in [6.07, 6.45) is 3.18. The Kier molecular flexibility index (Phi) is 4.37. The van der Waals surface area contributed by atoms with Crippen molar-refractivity contribution in [3.63, 3.8) is 0 Å². The number of carbonyl (C=O) groups excluding carboxylic acids is 1. The van der Waals surface area contributed by atoms with Crippen molar-refractivity contribution >= 4 is 22.5 Å². The molecule has 0 radical (unpaired) electrons. The molecule has 21 heavy (non-hydrogen) atoms. The fourth-order valence-electron chi connectivity index (χ4n) is 2.33. The zero-order chi connectivity index (χ0) is 15.6. The highest BCUT2D eigenvalue weighted by Crippen LogP contribution is 2.23. The number of anilines is 1. The molecule has 1 aromatic carbocycles. The van der Waals surface area contributed by atoms with Crippen LogP contribution >= 0.6 is 0 Å². The molecule has 1 aromatic heterocycles. The molecule has 2 aromatic rings. The van der Waals surface area contributed by atoms with Crippen molar-refractivity contribution in [1.82, 2.24) is 4.57 Å². The highest BCUT2D eigenvalue weighted by Gasteiger charge is 2.27. The summed E-state index contributed by atoms with van der Waals surface area (Å²) in [5, 5.41) is 4.04. The lowest BCUT2D eigenvalue weighted by molar-refractivity contribution is -0.119. The second-order valence-corrected chi connectivity index (χ2v) is 6.62. The molecule has 3 N–H and O–H groups in total. The van der Waals surface area contributed by atoms with E-state index in [-0.39, 0.29) is 11.3 Å². The number of hydrogen-bond donors (Lipinski definition) is 2. The van der Waals surface area contributed by atoms with E-state index in [1.54, 1.807) is 0 Å². The van der Waals surface area contributed by atoms with Crippen LogP contribution in [0.15, 0.2) is 30.5 Å². The smallest absolute Gasteiger partial charge is 0.241 e. The molecule has 0 aliphatic heterocycles. The second kappa shape index (κ2) is 5.90. The largest absolute Gasteiger partial charge is 0.347 e. The molecule has 1 heterocycles. The molecule has 0 aliphatic carbocycles. The highest BCUT2D eigenvalue weighted by molar-refractivity contribution is 5.97. The van der Waals surface area contributed by atoms with Gasteiger partial charge in [0.25, 0.3) is 0 Å². The Hall–Kier alpha value is -1.81. The van der Waals surface area contributed by atoms with E-state index in [4.69, 9.17) is 5.73 Å². The normalized spacial score (nSPS) is 13.4. The summed E-state index contributed by atoms with van der Waals surface area (Å²) in [7, 11) is 0. The van der Waals surface area contributed by atoms with Gasteiger partial charge in [0.15, 0.2) is 0 Å². The second-order valence-electron chi connectivity index (χ2n) is 6.62. The van der Waals surface area contributed by atoms with Gasteiger partial charge in [-0.1, -0.05) is 27.7 Å². The van der Waals surface area contributed by atoms with Crippen molar-refractivity contribution < 1.29 is 4.79 Å². The summed E-state index contributed by atoms with van der Waals surface area (Å²) in [6.45, 7) is 9.06. The number of hydrogen-bond acceptors (Lipinski definition) is 2. The first-order valence-corrected chi connectivity index (χ1v) is 7.48. The summed E-state index contributed by atoms with van der Waals surface area (Å²) in [6, 6.07) is 7.52. The molecule has 0 saturated carbocycles. The Morgan fingerprint density at radius 2 is 2.05 bits per heavy atom. The predicted molar refractivity (Wildman–Crippen MR) is 88.3 cm³/mol. The van der Waals surface area contributed by atoms with Crippen LogP contribution in [-0.4, -0.2) is 16.5 Å². The molecule has 0 unspecified atom stereocenters. The van der Waals surface area contributed by atoms with E-state index in [1.807, 2.05) is 39.0 Å². The van der Waals surface area contributed by atoms with E-state index in [0.29, 0.717) is 0 Å². The maximum Gasteiger partial charge on any atom is 0.241 e. The first-order valence-electron chi connectivity index (χ1n) is 7.48. The average Bonchev–Trinajstić information content (AvgIpc) is 2.80. The van der Waals surface area contributed by atoms with E-state index in [0.717, 1.165) is 24.0 Å². The van der Waals surface area contributed by atoms with Gasteiger partial charge in [0.05, 0.1) is 6.04 Å². The number of rotatable bonds is 4. The Balaban J connectivity index is 2.18. The molecular formula is C17H25N3O. The fraction of sp³-hybridized carbons (Fsp3) is 0.471. The number of nitrogens with one attached hydrogen (secondary N) is 1. The zero-order valence-corrected chi connectivity index (χ0v) is 13.3. The van der Waals surface area contributed by atoms with Crippen molar-refractivity contribution in [3.05, 3.63) is 30.5 Å². The van der Waals surface area contributed by atoms with Gasteiger partial charge in [-0.25, -0.2) is 0 Å². The van der Waals surface area contributed by atoms with Crippen LogP contribution in [0.25, 0.3) is 10.9 Å². The number of benzene rings is 1. The maximum absolute atomic E-state index is 12.2. The van der Waals surface area contributed by atoms with Gasteiger partial charge in [0.2, 0.25) is 5.91 Å². The molecule has 1 amide bonds. The van der Waals surface area contributed by atoms with Crippen molar-refractivity contribution in [1.29, 1.82) is 0 Å². The summed E-state index contributed by atoms with van der Waals surface area (Å²) >= 11 is 0. The van der Waals surface area contributed by atoms with Gasteiger partial charge < -0.3 is 15.6 Å². The minimum Gasteiger partial charge on any atom is -0.347 e. The number of nitrogens with zero attached hydrogens (tertiary/aromatic N) is 1. The third-order valence-electron chi connectivity index (χ3n) is 3.72. The summed E-state index contributed by atoms with van der Waals surface area (Å²) in [4.78, 5) is 12.2. The SMILES string of the molecule is CCCn1ccc2cc(NC(=O)[C@@H](N)C(C)(C)C)ccc21. The summed E-state index contributed by atoms with van der Waals surface area (Å²) in [5.41, 5.74) is 7.71. The fourth-order valence-corrected chi connectivity index (χ4v) is 2.33. The number of aromatic nitrogens is 1. The molecule has 4 heteroatoms. The van der Waals surface area contributed by atoms with Crippen molar-refractivity contribution in [2.45, 2.75) is 46.7 Å². The average molecular weight is 287 g/mol. The Labute approximate surface area is 126 Å². The minimum atomic E-state index is -0.530. The molecule has 114 valence electrons. The molecule has 0 spiro atoms. The van der Waals surface area contributed by atoms with Gasteiger partial charge in [-0.3, -0.25) is 4.79 Å². The monoisotopic (exact) mass is 287 g/mol. The van der Waals surface area contributed by atoms with Crippen LogP contribution in [0.3, 0.4) is 0 Å². The lowest BCUT2D eigenvalue weighted by atomic mass is 9.87. The van der Waals surface area contributed by atoms with Gasteiger partial charge in [-0.05, 0) is 36.1 Å². The first kappa shape index (κ1) is 15.6. The van der Waals surface area contributed by atoms with Crippen molar-refractivity contribution in [2.75, 3.05) is 5.32 Å². The van der Waals surface area contributed by atoms with Gasteiger partial charge in [0.1, 0.15) is 0 Å². The minimum absolute atomic E-state index is 0.144. The first-order chi connectivity index (χ1) is 9.82. The molecule has 0 bridgehead atoms. The molecule has 1 atom stereocenters. The van der Waals surface area contributed by atoms with Crippen LogP contribution in [0.1, 0.15) is 34.1 Å². The van der Waals surface area contributed by atoms with Crippen LogP contribution in [-0.2, 0) is 11.3 Å². The summed E-state index contributed by atoms with van der Waals surface area (Å²) in [5.74, 6) is -0.144. The van der Waals surface area contributed by atoms with E-state index >= 15 is 0 Å². The van der Waals surface area contributed by atoms with Crippen molar-refractivity contribution in [2.24, 2.45) is 11.1 Å². The third kappa shape index (κ3) is 3.45. The van der Waals surface area contributed by atoms with Gasteiger partial charge in [-0.2, -0.15) is 0 Å². The van der Waals surface area contributed by atoms with Crippen LogP contribution < -0.4 is 11.1 Å². The molecule has 4 nitrogen and oxygen atoms in total. The van der Waals surface area contributed by atoms with Crippen LogP contribution in [0.4, 0.5) is 5.69 Å². The maximum atomic E-state index is 12.2. The van der Waals surface area contributed by atoms with E-state index in [1.165, 1.54) is 5.52 Å². The number of carbonyl (C=O) groups is 1. The standard InChI is InChI=1S/C17H25N3O/c1-5-9-20-10-8-12-11-13(6-7-14(12)20)19-16(21)15(18)17(2,3)4/h6-8,10-11,15H,5,9,18H2,1-4H3,(H,19,21)/t15-/m1/s1. The molecule has 0 fully saturated rings. The van der Waals surface area contributed by atoms with Gasteiger partial charge in [-0.15, -0.1) is 0 Å². The number of aryl methyl sites for hydroxylation is 1. The number of nitrogens with two attached hydrogens (primary N) is 1. The number of fused-ring (bicyclic) bond motifs is 1. The Morgan fingerprint density at radius 1 is 1.33 bits per heavy atom. The number of amides is 1. The molecule has 0 saturated heterocycles. The highest BCUT2D eigenvalue weighted by atomic mass is 16.2. The topological polar surface area (TPSA) is 60.0 Å². The van der Waals surface area contributed by atoms with Crippen LogP contribution in [0.5, 0.6) is 0 Å². The lowest BCUT2D eigenvalue weighted by Gasteiger charge is -2.25. The molecule has 0 aliphatic rings. The van der Waals surface area contributed by atoms with Crippen molar-refractivity contribution in [3.8, 4) is 0 Å². The van der Waals surface area contributed by atoms with Gasteiger partial charge in [0, 0.05) is 29.3 Å². The van der Waals surface area contributed by atoms with E-state index < -0.39 is 6.04 Å². The Bertz CT molecular complexity index is 637. The zero-order valence-electron chi connectivity index (χ0n) is 13.3. The predicted octanol–water partition coefficient (Wildman–Crippen LogP) is 3.36. The van der Waals surface area contributed by atoms with E-state index in [9.17, 15) is 4.79 Å².